The fourth-order valence-corrected chi connectivity index (χ4v) is 1.94. The Bertz CT molecular complexity index is 472. The van der Waals surface area contributed by atoms with Crippen LogP contribution in [0.5, 0.6) is 0 Å². The van der Waals surface area contributed by atoms with Gasteiger partial charge < -0.3 is 0 Å². The lowest BCUT2D eigenvalue weighted by Crippen LogP contribution is -1.83. The van der Waals surface area contributed by atoms with Crippen LogP contribution in [0.2, 0.25) is 5.02 Å². The van der Waals surface area contributed by atoms with Crippen molar-refractivity contribution in [1.82, 2.24) is 4.98 Å². The second-order valence-electron chi connectivity index (χ2n) is 2.61. The van der Waals surface area contributed by atoms with Crippen LogP contribution in [0.4, 0.5) is 4.39 Å². The first-order valence-corrected chi connectivity index (χ1v) is 4.74. The van der Waals surface area contributed by atoms with Crippen LogP contribution in [0.1, 0.15) is 0 Å². The van der Waals surface area contributed by atoms with Crippen molar-refractivity contribution in [2.24, 2.45) is 0 Å². The summed E-state index contributed by atoms with van der Waals surface area (Å²) in [6.07, 6.45) is 3.13. The summed E-state index contributed by atoms with van der Waals surface area (Å²) in [7, 11) is 0. The highest BCUT2D eigenvalue weighted by molar-refractivity contribution is 9.10. The zero-order chi connectivity index (χ0) is 9.42. The number of rotatable bonds is 0. The van der Waals surface area contributed by atoms with Crippen LogP contribution in [0.3, 0.4) is 0 Å². The van der Waals surface area contributed by atoms with Crippen molar-refractivity contribution in [3.63, 3.8) is 0 Å². The molecule has 4 heteroatoms. The van der Waals surface area contributed by atoms with Crippen LogP contribution in [-0.4, -0.2) is 4.98 Å². The second-order valence-corrected chi connectivity index (χ2v) is 3.90. The quantitative estimate of drug-likeness (QED) is 0.702. The molecule has 2 rings (SSSR count). The molecule has 0 fully saturated rings. The van der Waals surface area contributed by atoms with Crippen LogP contribution in [0.15, 0.2) is 29.0 Å². The summed E-state index contributed by atoms with van der Waals surface area (Å²) in [4.78, 5) is 3.92. The maximum absolute atomic E-state index is 13.4. The van der Waals surface area contributed by atoms with Crippen LogP contribution in [0, 0.1) is 5.82 Å². The van der Waals surface area contributed by atoms with Gasteiger partial charge in [0.1, 0.15) is 5.82 Å². The average Bonchev–Trinajstić information content (AvgIpc) is 2.02. The number of hydrogen-bond acceptors (Lipinski definition) is 1. The summed E-state index contributed by atoms with van der Waals surface area (Å²) in [5.74, 6) is -0.336. The Morgan fingerprint density at radius 1 is 1.31 bits per heavy atom. The van der Waals surface area contributed by atoms with Crippen LogP contribution in [-0.2, 0) is 0 Å². The molecule has 0 radical (unpaired) electrons. The van der Waals surface area contributed by atoms with E-state index in [2.05, 4.69) is 20.9 Å². The monoisotopic (exact) mass is 259 g/mol. The van der Waals surface area contributed by atoms with Gasteiger partial charge in [-0.1, -0.05) is 11.6 Å². The summed E-state index contributed by atoms with van der Waals surface area (Å²) in [6.45, 7) is 0. The highest BCUT2D eigenvalue weighted by Crippen LogP contribution is 2.27. The third kappa shape index (κ3) is 1.54. The Labute approximate surface area is 87.7 Å². The van der Waals surface area contributed by atoms with E-state index in [1.165, 1.54) is 6.07 Å². The van der Waals surface area contributed by atoms with Crippen molar-refractivity contribution < 1.29 is 4.39 Å². The molecule has 1 aromatic carbocycles. The summed E-state index contributed by atoms with van der Waals surface area (Å²) in [5, 5.41) is 1.59. The maximum Gasteiger partial charge on any atom is 0.133 e. The Morgan fingerprint density at radius 2 is 2.08 bits per heavy atom. The zero-order valence-electron chi connectivity index (χ0n) is 6.39. The molecule has 0 amide bonds. The Kier molecular flexibility index (Phi) is 2.22. The molecular formula is C9H4BrClFN. The van der Waals surface area contributed by atoms with E-state index in [0.717, 1.165) is 0 Å². The molecule has 0 aliphatic heterocycles. The SMILES string of the molecule is Fc1cc(Cl)cc2cncc(Br)c12. The highest BCUT2D eigenvalue weighted by atomic mass is 79.9. The lowest BCUT2D eigenvalue weighted by Gasteiger charge is -2.01. The van der Waals surface area contributed by atoms with Gasteiger partial charge in [-0.15, -0.1) is 0 Å². The Hall–Kier alpha value is -0.670. The number of benzene rings is 1. The van der Waals surface area contributed by atoms with E-state index in [4.69, 9.17) is 11.6 Å². The molecule has 1 heterocycles. The maximum atomic E-state index is 13.4. The predicted octanol–water partition coefficient (Wildman–Crippen LogP) is 3.79. The molecule has 0 unspecified atom stereocenters. The van der Waals surface area contributed by atoms with Crippen molar-refractivity contribution >= 4 is 38.3 Å². The highest BCUT2D eigenvalue weighted by Gasteiger charge is 2.06. The summed E-state index contributed by atoms with van der Waals surface area (Å²) >= 11 is 8.92. The van der Waals surface area contributed by atoms with Gasteiger partial charge in [-0.3, -0.25) is 4.98 Å². The first-order valence-electron chi connectivity index (χ1n) is 3.57. The van der Waals surface area contributed by atoms with Gasteiger partial charge in [0, 0.05) is 32.7 Å². The number of aromatic nitrogens is 1. The van der Waals surface area contributed by atoms with Gasteiger partial charge in [-0.05, 0) is 28.1 Å². The van der Waals surface area contributed by atoms with E-state index >= 15 is 0 Å². The molecule has 0 aliphatic rings. The summed E-state index contributed by atoms with van der Waals surface area (Å²) in [5.41, 5.74) is 0. The van der Waals surface area contributed by atoms with Crippen LogP contribution >= 0.6 is 27.5 Å². The molecule has 2 aromatic rings. The van der Waals surface area contributed by atoms with Crippen molar-refractivity contribution in [2.45, 2.75) is 0 Å². The minimum Gasteiger partial charge on any atom is -0.263 e. The molecule has 0 saturated heterocycles. The van der Waals surface area contributed by atoms with E-state index in [1.54, 1.807) is 18.5 Å². The van der Waals surface area contributed by atoms with Gasteiger partial charge in [0.25, 0.3) is 0 Å². The number of nitrogens with zero attached hydrogens (tertiary/aromatic N) is 1. The molecule has 0 aliphatic carbocycles. The molecule has 0 spiro atoms. The van der Waals surface area contributed by atoms with Crippen LogP contribution < -0.4 is 0 Å². The van der Waals surface area contributed by atoms with Crippen molar-refractivity contribution in [3.05, 3.63) is 39.8 Å². The predicted molar refractivity (Wildman–Crippen MR) is 54.4 cm³/mol. The standard InChI is InChI=1S/C9H4BrClFN/c10-7-4-13-3-5-1-6(11)2-8(12)9(5)7/h1-4H. The van der Waals surface area contributed by atoms with Gasteiger partial charge >= 0.3 is 0 Å². The molecule has 0 saturated carbocycles. The fourth-order valence-electron chi connectivity index (χ4n) is 1.19. The normalized spacial score (nSPS) is 10.7. The third-order valence-electron chi connectivity index (χ3n) is 1.73. The number of halogens is 3. The first kappa shape index (κ1) is 8.91. The second kappa shape index (κ2) is 3.24. The molecule has 0 bridgehead atoms. The van der Waals surface area contributed by atoms with E-state index in [0.29, 0.717) is 20.3 Å². The molecule has 13 heavy (non-hydrogen) atoms. The zero-order valence-corrected chi connectivity index (χ0v) is 8.73. The van der Waals surface area contributed by atoms with E-state index in [-0.39, 0.29) is 5.82 Å². The summed E-state index contributed by atoms with van der Waals surface area (Å²) in [6, 6.07) is 2.96. The van der Waals surface area contributed by atoms with Crippen molar-refractivity contribution in [1.29, 1.82) is 0 Å². The number of fused-ring (bicyclic) bond motifs is 1. The summed E-state index contributed by atoms with van der Waals surface area (Å²) < 4.78 is 14.0. The largest absolute Gasteiger partial charge is 0.263 e. The fraction of sp³-hybridized carbons (Fsp3) is 0. The first-order chi connectivity index (χ1) is 6.18. The molecule has 0 atom stereocenters. The molecule has 1 aromatic heterocycles. The van der Waals surface area contributed by atoms with Gasteiger partial charge in [0.2, 0.25) is 0 Å². The van der Waals surface area contributed by atoms with E-state index in [1.807, 2.05) is 0 Å². The lowest BCUT2D eigenvalue weighted by molar-refractivity contribution is 0.639. The van der Waals surface area contributed by atoms with E-state index in [9.17, 15) is 4.39 Å². The third-order valence-corrected chi connectivity index (χ3v) is 2.55. The van der Waals surface area contributed by atoms with Gasteiger partial charge in [0.05, 0.1) is 0 Å². The lowest BCUT2D eigenvalue weighted by atomic mass is 10.2. The molecule has 1 nitrogen and oxygen atoms in total. The molecule has 66 valence electrons. The van der Waals surface area contributed by atoms with Gasteiger partial charge in [0.15, 0.2) is 0 Å². The minimum atomic E-state index is -0.336. The number of pyridine rings is 1. The van der Waals surface area contributed by atoms with Crippen molar-refractivity contribution in [3.8, 4) is 0 Å². The van der Waals surface area contributed by atoms with Crippen LogP contribution in [0.25, 0.3) is 10.8 Å². The van der Waals surface area contributed by atoms with E-state index < -0.39 is 0 Å². The molecular weight excluding hydrogens is 256 g/mol. The van der Waals surface area contributed by atoms with Gasteiger partial charge in [-0.25, -0.2) is 4.39 Å². The van der Waals surface area contributed by atoms with Crippen molar-refractivity contribution in [2.75, 3.05) is 0 Å². The Balaban J connectivity index is 2.94. The minimum absolute atomic E-state index is 0.336. The smallest absolute Gasteiger partial charge is 0.133 e. The topological polar surface area (TPSA) is 12.9 Å². The average molecular weight is 260 g/mol. The number of hydrogen-bond donors (Lipinski definition) is 0. The Morgan fingerprint density at radius 3 is 2.85 bits per heavy atom. The molecule has 0 N–H and O–H groups in total. The van der Waals surface area contributed by atoms with Gasteiger partial charge in [-0.2, -0.15) is 0 Å².